The van der Waals surface area contributed by atoms with E-state index in [0.717, 1.165) is 36.1 Å². The summed E-state index contributed by atoms with van der Waals surface area (Å²) >= 11 is 6.28. The smallest absolute Gasteiger partial charge is 0.339 e. The van der Waals surface area contributed by atoms with E-state index in [1.165, 1.54) is 19.1 Å². The van der Waals surface area contributed by atoms with Gasteiger partial charge >= 0.3 is 15.9 Å². The fourth-order valence-corrected chi connectivity index (χ4v) is 9.52. The number of fused-ring (bicyclic) bond motifs is 2. The average Bonchev–Trinajstić information content (AvgIpc) is 3.77. The summed E-state index contributed by atoms with van der Waals surface area (Å²) in [4.78, 5) is 27.3. The van der Waals surface area contributed by atoms with Gasteiger partial charge in [0.2, 0.25) is 0 Å². The highest BCUT2D eigenvalue weighted by Crippen LogP contribution is 2.60. The van der Waals surface area contributed by atoms with Crippen molar-refractivity contribution in [2.45, 2.75) is 61.9 Å². The van der Waals surface area contributed by atoms with Crippen LogP contribution >= 0.6 is 11.6 Å². The van der Waals surface area contributed by atoms with Gasteiger partial charge < -0.3 is 10.6 Å². The molecule has 6 rings (SSSR count). The van der Waals surface area contributed by atoms with Gasteiger partial charge in [0, 0.05) is 35.2 Å². The summed E-state index contributed by atoms with van der Waals surface area (Å²) < 4.78 is 42.5. The standard InChI is InChI=1S/C32H33ClFN3O4S/c1-21(38)37(42(40,41)26-11-9-25(34)10-12-26)29-13-8-23(31(39)36-20-24-4-2-3-5-28(24)33)19-27(29)32(14-16-35-17-15-32)30(37)18-22-6-7-22/h2-5,8-13,19,22,30,35H,6-7,14-18,20H2,1H3/p+1. The minimum absolute atomic E-state index is 0.0987. The summed E-state index contributed by atoms with van der Waals surface area (Å²) in [7, 11) is -4.37. The van der Waals surface area contributed by atoms with Gasteiger partial charge in [-0.05, 0) is 92.7 Å². The molecule has 0 radical (unpaired) electrons. The van der Waals surface area contributed by atoms with Crippen molar-refractivity contribution < 1.29 is 22.4 Å². The Hall–Kier alpha value is -3.11. The van der Waals surface area contributed by atoms with Gasteiger partial charge in [-0.15, -0.1) is 3.89 Å². The van der Waals surface area contributed by atoms with E-state index in [-0.39, 0.29) is 17.3 Å². The van der Waals surface area contributed by atoms with E-state index in [1.54, 1.807) is 24.3 Å². The molecule has 2 unspecified atom stereocenters. The monoisotopic (exact) mass is 610 g/mol. The number of hydrogen-bond donors (Lipinski definition) is 2. The third-order valence-electron chi connectivity index (χ3n) is 9.33. The Morgan fingerprint density at radius 2 is 1.74 bits per heavy atom. The van der Waals surface area contributed by atoms with Gasteiger partial charge in [0.05, 0.1) is 12.3 Å². The lowest BCUT2D eigenvalue weighted by molar-refractivity contribution is -0.125. The molecule has 2 atom stereocenters. The van der Waals surface area contributed by atoms with Gasteiger partial charge in [0.1, 0.15) is 16.8 Å². The zero-order valence-corrected chi connectivity index (χ0v) is 25.0. The first-order valence-electron chi connectivity index (χ1n) is 14.4. The average molecular weight is 611 g/mol. The molecule has 42 heavy (non-hydrogen) atoms. The number of benzene rings is 3. The Kier molecular flexibility index (Phi) is 7.50. The van der Waals surface area contributed by atoms with Crippen molar-refractivity contribution in [1.29, 1.82) is 0 Å². The highest BCUT2D eigenvalue weighted by Gasteiger charge is 2.70. The second-order valence-electron chi connectivity index (χ2n) is 11.7. The molecule has 1 aliphatic carbocycles. The lowest BCUT2D eigenvalue weighted by Gasteiger charge is -2.43. The number of sulfonamides is 1. The van der Waals surface area contributed by atoms with Crippen molar-refractivity contribution in [2.24, 2.45) is 5.92 Å². The van der Waals surface area contributed by atoms with Crippen molar-refractivity contribution in [3.63, 3.8) is 0 Å². The molecule has 2 heterocycles. The molecule has 7 nitrogen and oxygen atoms in total. The van der Waals surface area contributed by atoms with Crippen LogP contribution in [0.1, 0.15) is 60.5 Å². The second-order valence-corrected chi connectivity index (χ2v) is 14.1. The molecule has 1 saturated heterocycles. The number of rotatable bonds is 7. The Labute approximate surface area is 250 Å². The molecule has 2 amide bonds. The number of nitrogens with one attached hydrogen (secondary N) is 2. The number of hydrogen-bond acceptors (Lipinski definition) is 5. The molecular weight excluding hydrogens is 577 g/mol. The molecule has 3 aliphatic rings. The van der Waals surface area contributed by atoms with E-state index in [2.05, 4.69) is 10.6 Å². The first-order valence-corrected chi connectivity index (χ1v) is 16.2. The number of halogens is 2. The molecule has 1 spiro atoms. The van der Waals surface area contributed by atoms with Crippen LogP contribution in [0.5, 0.6) is 0 Å². The minimum Gasteiger partial charge on any atom is -0.348 e. The van der Waals surface area contributed by atoms with E-state index in [1.807, 2.05) is 18.2 Å². The highest BCUT2D eigenvalue weighted by atomic mass is 35.5. The third kappa shape index (κ3) is 4.58. The summed E-state index contributed by atoms with van der Waals surface area (Å²) in [6, 6.07) is 16.5. The Balaban J connectivity index is 1.51. The largest absolute Gasteiger partial charge is 0.348 e. The third-order valence-corrected chi connectivity index (χ3v) is 12.0. The topological polar surface area (TPSA) is 92.3 Å². The Bertz CT molecular complexity index is 1650. The van der Waals surface area contributed by atoms with E-state index in [0.29, 0.717) is 54.5 Å². The molecule has 2 aliphatic heterocycles. The van der Waals surface area contributed by atoms with E-state index >= 15 is 0 Å². The van der Waals surface area contributed by atoms with E-state index in [9.17, 15) is 22.4 Å². The number of carbonyl (C=O) groups excluding carboxylic acids is 2. The Morgan fingerprint density at radius 3 is 2.38 bits per heavy atom. The van der Waals surface area contributed by atoms with Crippen molar-refractivity contribution in [1.82, 2.24) is 14.5 Å². The van der Waals surface area contributed by atoms with Crippen LogP contribution in [0.2, 0.25) is 5.02 Å². The molecule has 2 N–H and O–H groups in total. The van der Waals surface area contributed by atoms with Crippen LogP contribution in [0.3, 0.4) is 0 Å². The van der Waals surface area contributed by atoms with Gasteiger partial charge in [-0.25, -0.2) is 9.18 Å². The number of amides is 2. The van der Waals surface area contributed by atoms with Crippen LogP contribution in [-0.2, 0) is 26.8 Å². The lowest BCUT2D eigenvalue weighted by Crippen LogP contribution is -2.66. The maximum atomic E-state index is 14.7. The van der Waals surface area contributed by atoms with Crippen LogP contribution in [0, 0.1) is 11.7 Å². The number of piperidine rings is 1. The molecule has 3 aromatic carbocycles. The highest BCUT2D eigenvalue weighted by molar-refractivity contribution is 7.91. The molecule has 2 fully saturated rings. The van der Waals surface area contributed by atoms with Crippen LogP contribution in [0.25, 0.3) is 0 Å². The van der Waals surface area contributed by atoms with Gasteiger partial charge in [-0.1, -0.05) is 29.8 Å². The van der Waals surface area contributed by atoms with Crippen LogP contribution in [0.15, 0.2) is 71.6 Å². The first-order chi connectivity index (χ1) is 20.1. The first kappa shape index (κ1) is 29.0. The second kappa shape index (κ2) is 10.9. The van der Waals surface area contributed by atoms with Crippen molar-refractivity contribution in [3.05, 3.63) is 94.3 Å². The minimum atomic E-state index is -4.37. The van der Waals surface area contributed by atoms with E-state index < -0.39 is 37.1 Å². The van der Waals surface area contributed by atoms with Crippen LogP contribution in [0.4, 0.5) is 10.1 Å². The number of carbonyl (C=O) groups is 2. The summed E-state index contributed by atoms with van der Waals surface area (Å²) in [6.07, 6.45) is 3.82. The van der Waals surface area contributed by atoms with Crippen molar-refractivity contribution in [2.75, 3.05) is 13.1 Å². The zero-order chi connectivity index (χ0) is 29.7. The zero-order valence-electron chi connectivity index (χ0n) is 23.4. The maximum Gasteiger partial charge on any atom is 0.339 e. The number of nitrogens with zero attached hydrogens (tertiary/aromatic N) is 1. The van der Waals surface area contributed by atoms with Crippen molar-refractivity contribution in [3.8, 4) is 0 Å². The van der Waals surface area contributed by atoms with Gasteiger partial charge in [0.15, 0.2) is 5.69 Å². The molecule has 0 aromatic heterocycles. The van der Waals surface area contributed by atoms with Gasteiger partial charge in [-0.2, -0.15) is 8.42 Å². The fourth-order valence-electron chi connectivity index (χ4n) is 7.13. The molecule has 10 heteroatoms. The van der Waals surface area contributed by atoms with Gasteiger partial charge in [-0.3, -0.25) is 4.79 Å². The SMILES string of the molecule is CC(=O)[N+]1(S(=O)(=O)c2ccc(F)cc2)c2ccc(C(=O)NCc3ccccc3Cl)cc2C2(CCNCC2)C1CC1CC1. The normalized spacial score (nSPS) is 23.0. The summed E-state index contributed by atoms with van der Waals surface area (Å²) in [5, 5.41) is 6.88. The fraction of sp³-hybridized carbons (Fsp3) is 0.375. The summed E-state index contributed by atoms with van der Waals surface area (Å²) in [5.41, 5.74) is 1.67. The predicted molar refractivity (Wildman–Crippen MR) is 160 cm³/mol. The maximum absolute atomic E-state index is 14.7. The quantitative estimate of drug-likeness (QED) is 0.347. The van der Waals surface area contributed by atoms with Crippen LogP contribution < -0.4 is 14.5 Å². The molecule has 220 valence electrons. The number of quaternary nitrogens is 1. The molecular formula is C32H34ClFN3O4S+. The summed E-state index contributed by atoms with van der Waals surface area (Å²) in [5.74, 6) is -1.04. The Morgan fingerprint density at radius 1 is 1.05 bits per heavy atom. The molecule has 0 bridgehead atoms. The van der Waals surface area contributed by atoms with E-state index in [4.69, 9.17) is 11.6 Å². The lowest BCUT2D eigenvalue weighted by atomic mass is 9.68. The van der Waals surface area contributed by atoms with Gasteiger partial charge in [0.25, 0.3) is 5.91 Å². The van der Waals surface area contributed by atoms with Crippen LogP contribution in [-0.4, -0.2) is 39.4 Å². The molecule has 3 aromatic rings. The van der Waals surface area contributed by atoms with Crippen molar-refractivity contribution >= 4 is 39.1 Å². The summed E-state index contributed by atoms with van der Waals surface area (Å²) in [6.45, 7) is 2.91. The predicted octanol–water partition coefficient (Wildman–Crippen LogP) is 5.46. The molecule has 1 saturated carbocycles.